The van der Waals surface area contributed by atoms with E-state index in [2.05, 4.69) is 0 Å². The Labute approximate surface area is 70.7 Å². The van der Waals surface area contributed by atoms with Crippen LogP contribution in [-0.2, 0) is 11.2 Å². The lowest BCUT2D eigenvalue weighted by Gasteiger charge is -1.97. The van der Waals surface area contributed by atoms with Crippen LogP contribution in [-0.4, -0.2) is 11.6 Å². The molecule has 0 aromatic heterocycles. The van der Waals surface area contributed by atoms with Gasteiger partial charge >= 0.3 is 0 Å². The van der Waals surface area contributed by atoms with Crippen LogP contribution < -0.4 is 5.73 Å². The molecule has 62 valence electrons. The average Bonchev–Trinajstić information content (AvgIpc) is 2.06. The SMILES string of the molecule is N=C(N)C(=O)Cc1ccccc1. The van der Waals surface area contributed by atoms with Gasteiger partial charge in [-0.1, -0.05) is 30.3 Å². The highest BCUT2D eigenvalue weighted by molar-refractivity contribution is 6.37. The lowest BCUT2D eigenvalue weighted by Crippen LogP contribution is -2.23. The number of ketones is 1. The summed E-state index contributed by atoms with van der Waals surface area (Å²) in [6.07, 6.45) is 0.218. The number of carbonyl (C=O) groups is 1. The van der Waals surface area contributed by atoms with E-state index in [1.165, 1.54) is 0 Å². The molecule has 0 aliphatic heterocycles. The van der Waals surface area contributed by atoms with Crippen LogP contribution in [0, 0.1) is 5.41 Å². The fraction of sp³-hybridized carbons (Fsp3) is 0.111. The quantitative estimate of drug-likeness (QED) is 0.508. The summed E-state index contributed by atoms with van der Waals surface area (Å²) >= 11 is 0. The zero-order chi connectivity index (χ0) is 8.97. The highest BCUT2D eigenvalue weighted by Gasteiger charge is 2.04. The van der Waals surface area contributed by atoms with Crippen LogP contribution in [0.4, 0.5) is 0 Å². The third kappa shape index (κ3) is 2.20. The summed E-state index contributed by atoms with van der Waals surface area (Å²) in [5.41, 5.74) is 5.90. The van der Waals surface area contributed by atoms with Crippen molar-refractivity contribution in [2.75, 3.05) is 0 Å². The minimum Gasteiger partial charge on any atom is -0.381 e. The zero-order valence-electron chi connectivity index (χ0n) is 6.58. The summed E-state index contributed by atoms with van der Waals surface area (Å²) < 4.78 is 0. The minimum absolute atomic E-state index is 0.218. The normalized spacial score (nSPS) is 9.33. The number of Topliss-reactive ketones (excluding diaryl/α,β-unsaturated/α-hetero) is 1. The Morgan fingerprint density at radius 2 is 1.92 bits per heavy atom. The van der Waals surface area contributed by atoms with E-state index >= 15 is 0 Å². The molecule has 1 aromatic rings. The molecular weight excluding hydrogens is 152 g/mol. The van der Waals surface area contributed by atoms with E-state index in [1.54, 1.807) is 0 Å². The molecule has 1 aromatic carbocycles. The Morgan fingerprint density at radius 3 is 2.42 bits per heavy atom. The van der Waals surface area contributed by atoms with Crippen LogP contribution in [0.15, 0.2) is 30.3 Å². The van der Waals surface area contributed by atoms with E-state index in [4.69, 9.17) is 11.1 Å². The van der Waals surface area contributed by atoms with Crippen molar-refractivity contribution in [1.82, 2.24) is 0 Å². The summed E-state index contributed by atoms with van der Waals surface area (Å²) in [5.74, 6) is -0.708. The Hall–Kier alpha value is -1.64. The number of nitrogens with one attached hydrogen (secondary N) is 1. The van der Waals surface area contributed by atoms with E-state index in [0.29, 0.717) is 0 Å². The molecule has 0 spiro atoms. The molecule has 0 aliphatic carbocycles. The number of rotatable bonds is 3. The molecule has 1 rings (SSSR count). The second kappa shape index (κ2) is 3.67. The van der Waals surface area contributed by atoms with Crippen molar-refractivity contribution in [2.45, 2.75) is 6.42 Å². The van der Waals surface area contributed by atoms with Gasteiger partial charge < -0.3 is 5.73 Å². The lowest BCUT2D eigenvalue weighted by atomic mass is 10.1. The fourth-order valence-corrected chi connectivity index (χ4v) is 0.876. The highest BCUT2D eigenvalue weighted by Crippen LogP contribution is 1.99. The summed E-state index contributed by atoms with van der Waals surface area (Å²) in [4.78, 5) is 11.0. The van der Waals surface area contributed by atoms with Crippen molar-refractivity contribution in [3.05, 3.63) is 35.9 Å². The predicted octanol–water partition coefficient (Wildman–Crippen LogP) is 0.734. The van der Waals surface area contributed by atoms with Gasteiger partial charge in [-0.05, 0) is 5.56 Å². The van der Waals surface area contributed by atoms with E-state index in [9.17, 15) is 4.79 Å². The fourth-order valence-electron chi connectivity index (χ4n) is 0.876. The van der Waals surface area contributed by atoms with Gasteiger partial charge in [-0.25, -0.2) is 0 Å². The summed E-state index contributed by atoms with van der Waals surface area (Å²) in [6.45, 7) is 0. The molecule has 0 bridgehead atoms. The molecule has 0 amide bonds. The molecule has 0 fully saturated rings. The van der Waals surface area contributed by atoms with Gasteiger partial charge in [0, 0.05) is 6.42 Å². The Morgan fingerprint density at radius 1 is 1.33 bits per heavy atom. The van der Waals surface area contributed by atoms with Gasteiger partial charge in [0.15, 0.2) is 5.84 Å². The van der Waals surface area contributed by atoms with Crippen molar-refractivity contribution in [3.63, 3.8) is 0 Å². The molecule has 3 N–H and O–H groups in total. The topological polar surface area (TPSA) is 66.9 Å². The summed E-state index contributed by atoms with van der Waals surface area (Å²) in [7, 11) is 0. The van der Waals surface area contributed by atoms with Crippen molar-refractivity contribution in [1.29, 1.82) is 5.41 Å². The van der Waals surface area contributed by atoms with E-state index < -0.39 is 0 Å². The second-order valence-corrected chi connectivity index (χ2v) is 2.50. The second-order valence-electron chi connectivity index (χ2n) is 2.50. The van der Waals surface area contributed by atoms with Gasteiger partial charge in [0.1, 0.15) is 0 Å². The Kier molecular flexibility index (Phi) is 2.58. The van der Waals surface area contributed by atoms with Crippen LogP contribution in [0.1, 0.15) is 5.56 Å². The molecule has 3 heteroatoms. The maximum absolute atomic E-state index is 11.0. The maximum atomic E-state index is 11.0. The van der Waals surface area contributed by atoms with Crippen LogP contribution in [0.3, 0.4) is 0 Å². The van der Waals surface area contributed by atoms with Gasteiger partial charge in [0.05, 0.1) is 0 Å². The van der Waals surface area contributed by atoms with Gasteiger partial charge in [0.25, 0.3) is 0 Å². The largest absolute Gasteiger partial charge is 0.381 e. The molecule has 0 unspecified atom stereocenters. The Balaban J connectivity index is 2.65. The molecule has 0 heterocycles. The lowest BCUT2D eigenvalue weighted by molar-refractivity contribution is -0.112. The first kappa shape index (κ1) is 8.46. The van der Waals surface area contributed by atoms with Crippen LogP contribution in [0.5, 0.6) is 0 Å². The standard InChI is InChI=1S/C9H10N2O/c10-9(11)8(12)6-7-4-2-1-3-5-7/h1-5H,6H2,(H3,10,11). The van der Waals surface area contributed by atoms with Gasteiger partial charge in [-0.2, -0.15) is 0 Å². The molecule has 12 heavy (non-hydrogen) atoms. The van der Waals surface area contributed by atoms with Crippen molar-refractivity contribution < 1.29 is 4.79 Å². The number of benzene rings is 1. The molecule has 0 radical (unpaired) electrons. The van der Waals surface area contributed by atoms with Crippen molar-refractivity contribution in [3.8, 4) is 0 Å². The third-order valence-corrected chi connectivity index (χ3v) is 1.51. The molecule has 0 saturated carbocycles. The van der Waals surface area contributed by atoms with Gasteiger partial charge in [-0.15, -0.1) is 0 Å². The average molecular weight is 162 g/mol. The predicted molar refractivity (Wildman–Crippen MR) is 47.1 cm³/mol. The third-order valence-electron chi connectivity index (χ3n) is 1.51. The van der Waals surface area contributed by atoms with Crippen molar-refractivity contribution in [2.24, 2.45) is 5.73 Å². The van der Waals surface area contributed by atoms with Crippen LogP contribution >= 0.6 is 0 Å². The number of hydrogen-bond acceptors (Lipinski definition) is 2. The molecule has 0 aliphatic rings. The van der Waals surface area contributed by atoms with Crippen LogP contribution in [0.2, 0.25) is 0 Å². The highest BCUT2D eigenvalue weighted by atomic mass is 16.1. The zero-order valence-corrected chi connectivity index (χ0v) is 6.58. The monoisotopic (exact) mass is 162 g/mol. The molecule has 0 saturated heterocycles. The van der Waals surface area contributed by atoms with Gasteiger partial charge in [0.2, 0.25) is 5.78 Å². The number of hydrogen-bond donors (Lipinski definition) is 2. The first-order chi connectivity index (χ1) is 5.70. The molecule has 0 atom stereocenters. The maximum Gasteiger partial charge on any atom is 0.201 e. The smallest absolute Gasteiger partial charge is 0.201 e. The molecule has 3 nitrogen and oxygen atoms in total. The van der Waals surface area contributed by atoms with Crippen molar-refractivity contribution >= 4 is 11.6 Å². The van der Waals surface area contributed by atoms with Gasteiger partial charge in [-0.3, -0.25) is 10.2 Å². The summed E-state index contributed by atoms with van der Waals surface area (Å²) in [5, 5.41) is 6.88. The molecular formula is C9H10N2O. The van der Waals surface area contributed by atoms with E-state index in [0.717, 1.165) is 5.56 Å². The summed E-state index contributed by atoms with van der Waals surface area (Å²) in [6, 6.07) is 9.24. The number of nitrogens with two attached hydrogens (primary N) is 1. The number of amidine groups is 1. The first-order valence-corrected chi connectivity index (χ1v) is 3.61. The van der Waals surface area contributed by atoms with E-state index in [-0.39, 0.29) is 18.0 Å². The minimum atomic E-state index is -0.376. The van der Waals surface area contributed by atoms with E-state index in [1.807, 2.05) is 30.3 Å². The number of carbonyl (C=O) groups excluding carboxylic acids is 1. The Bertz CT molecular complexity index is 293. The van der Waals surface area contributed by atoms with Crippen LogP contribution in [0.25, 0.3) is 0 Å². The first-order valence-electron chi connectivity index (χ1n) is 3.61.